The highest BCUT2D eigenvalue weighted by Gasteiger charge is 2.30. The third kappa shape index (κ3) is 2.62. The summed E-state index contributed by atoms with van der Waals surface area (Å²) in [6.45, 7) is 1.05. The van der Waals surface area contributed by atoms with Crippen molar-refractivity contribution in [1.29, 1.82) is 0 Å². The molecule has 1 nitrogen and oxygen atoms in total. The Hall–Kier alpha value is -0.800. The summed E-state index contributed by atoms with van der Waals surface area (Å²) < 4.78 is 0. The van der Waals surface area contributed by atoms with E-state index >= 15 is 0 Å². The Morgan fingerprint density at radius 2 is 2.00 bits per heavy atom. The molecular formula is C15H16BrNS. The Bertz CT molecular complexity index is 505. The van der Waals surface area contributed by atoms with Crippen LogP contribution in [0.15, 0.2) is 41.8 Å². The number of anilines is 1. The minimum atomic E-state index is 0.743. The van der Waals surface area contributed by atoms with Gasteiger partial charge in [-0.25, -0.2) is 0 Å². The molecule has 1 aliphatic rings. The number of nitrogens with zero attached hydrogens (tertiary/aromatic N) is 1. The van der Waals surface area contributed by atoms with Gasteiger partial charge in [0.25, 0.3) is 0 Å². The monoisotopic (exact) mass is 321 g/mol. The van der Waals surface area contributed by atoms with Crippen molar-refractivity contribution in [3.05, 3.63) is 52.2 Å². The molecule has 94 valence electrons. The van der Waals surface area contributed by atoms with Gasteiger partial charge < -0.3 is 4.90 Å². The SMILES string of the molecule is BrCc1ccccc1N(Cc1cccs1)C1CC1. The number of rotatable bonds is 5. The molecule has 2 aromatic rings. The van der Waals surface area contributed by atoms with Gasteiger partial charge in [0.2, 0.25) is 0 Å². The Morgan fingerprint density at radius 3 is 2.67 bits per heavy atom. The Morgan fingerprint density at radius 1 is 1.17 bits per heavy atom. The molecule has 18 heavy (non-hydrogen) atoms. The number of para-hydroxylation sites is 1. The molecule has 0 atom stereocenters. The Balaban J connectivity index is 1.89. The Labute approximate surface area is 121 Å². The lowest BCUT2D eigenvalue weighted by atomic mass is 10.1. The maximum absolute atomic E-state index is 3.60. The summed E-state index contributed by atoms with van der Waals surface area (Å²) in [6.07, 6.45) is 2.67. The molecule has 1 aromatic carbocycles. The fourth-order valence-corrected chi connectivity index (χ4v) is 3.45. The smallest absolute Gasteiger partial charge is 0.0526 e. The van der Waals surface area contributed by atoms with Crippen LogP contribution >= 0.6 is 27.3 Å². The molecule has 1 aliphatic carbocycles. The van der Waals surface area contributed by atoms with Gasteiger partial charge in [-0.1, -0.05) is 40.2 Å². The molecule has 0 aliphatic heterocycles. The number of thiophene rings is 1. The molecule has 0 bridgehead atoms. The highest BCUT2D eigenvalue weighted by Crippen LogP contribution is 2.36. The van der Waals surface area contributed by atoms with E-state index in [0.29, 0.717) is 0 Å². The van der Waals surface area contributed by atoms with Gasteiger partial charge in [-0.2, -0.15) is 0 Å². The first kappa shape index (κ1) is 12.2. The van der Waals surface area contributed by atoms with Crippen molar-refractivity contribution in [2.45, 2.75) is 30.8 Å². The summed E-state index contributed by atoms with van der Waals surface area (Å²) in [4.78, 5) is 4.02. The maximum Gasteiger partial charge on any atom is 0.0526 e. The first-order chi connectivity index (χ1) is 8.88. The lowest BCUT2D eigenvalue weighted by Gasteiger charge is -2.26. The lowest BCUT2D eigenvalue weighted by Crippen LogP contribution is -2.25. The zero-order valence-corrected chi connectivity index (χ0v) is 12.6. The third-order valence-corrected chi connectivity index (χ3v) is 4.80. The zero-order valence-electron chi connectivity index (χ0n) is 10.2. The second-order valence-corrected chi connectivity index (χ2v) is 6.29. The van der Waals surface area contributed by atoms with Crippen molar-refractivity contribution in [3.63, 3.8) is 0 Å². The molecule has 0 amide bonds. The van der Waals surface area contributed by atoms with Gasteiger partial charge in [0.15, 0.2) is 0 Å². The summed E-state index contributed by atoms with van der Waals surface area (Å²) >= 11 is 5.45. The van der Waals surface area contributed by atoms with Gasteiger partial charge in [-0.3, -0.25) is 0 Å². The number of halogens is 1. The molecule has 3 heteroatoms. The van der Waals surface area contributed by atoms with E-state index in [1.165, 1.54) is 29.0 Å². The average molecular weight is 322 g/mol. The van der Waals surface area contributed by atoms with Gasteiger partial charge in [0.1, 0.15) is 0 Å². The molecule has 1 saturated carbocycles. The summed E-state index contributed by atoms with van der Waals surface area (Å²) in [5, 5.41) is 3.09. The van der Waals surface area contributed by atoms with Crippen LogP contribution < -0.4 is 4.90 Å². The molecule has 0 spiro atoms. The van der Waals surface area contributed by atoms with Crippen molar-refractivity contribution in [2.24, 2.45) is 0 Å². The zero-order chi connectivity index (χ0) is 12.4. The number of alkyl halides is 1. The Kier molecular flexibility index (Phi) is 3.71. The van der Waals surface area contributed by atoms with E-state index < -0.39 is 0 Å². The first-order valence-corrected chi connectivity index (χ1v) is 8.31. The van der Waals surface area contributed by atoms with Crippen LogP contribution in [0.25, 0.3) is 0 Å². The topological polar surface area (TPSA) is 3.24 Å². The molecule has 0 radical (unpaired) electrons. The number of benzene rings is 1. The molecular weight excluding hydrogens is 306 g/mol. The number of hydrogen-bond acceptors (Lipinski definition) is 2. The van der Waals surface area contributed by atoms with E-state index in [0.717, 1.165) is 17.9 Å². The average Bonchev–Trinajstić information content (AvgIpc) is 3.13. The highest BCUT2D eigenvalue weighted by molar-refractivity contribution is 9.08. The predicted molar refractivity (Wildman–Crippen MR) is 82.6 cm³/mol. The van der Waals surface area contributed by atoms with Gasteiger partial charge in [-0.05, 0) is 35.9 Å². The fourth-order valence-electron chi connectivity index (χ4n) is 2.27. The van der Waals surface area contributed by atoms with Crippen molar-refractivity contribution < 1.29 is 0 Å². The summed E-state index contributed by atoms with van der Waals surface area (Å²) in [6, 6.07) is 13.9. The van der Waals surface area contributed by atoms with Gasteiger partial charge in [0.05, 0.1) is 6.54 Å². The van der Waals surface area contributed by atoms with Crippen LogP contribution in [-0.4, -0.2) is 6.04 Å². The van der Waals surface area contributed by atoms with E-state index in [1.807, 2.05) is 11.3 Å². The molecule has 3 rings (SSSR count). The van der Waals surface area contributed by atoms with Crippen LogP contribution in [0.5, 0.6) is 0 Å². The van der Waals surface area contributed by atoms with Crippen molar-refractivity contribution in [3.8, 4) is 0 Å². The highest BCUT2D eigenvalue weighted by atomic mass is 79.9. The fraction of sp³-hybridized carbons (Fsp3) is 0.333. The first-order valence-electron chi connectivity index (χ1n) is 6.31. The standard InChI is InChI=1S/C15H16BrNS/c16-10-12-4-1-2-6-15(12)17(13-7-8-13)11-14-5-3-9-18-14/h1-6,9,13H,7-8,10-11H2. The predicted octanol–water partition coefficient (Wildman–Crippen LogP) is 4.81. The second-order valence-electron chi connectivity index (χ2n) is 4.70. The third-order valence-electron chi connectivity index (χ3n) is 3.34. The molecule has 0 unspecified atom stereocenters. The normalized spacial score (nSPS) is 14.7. The van der Waals surface area contributed by atoms with E-state index in [4.69, 9.17) is 0 Å². The van der Waals surface area contributed by atoms with Crippen LogP contribution in [0.1, 0.15) is 23.3 Å². The lowest BCUT2D eigenvalue weighted by molar-refractivity contribution is 0.799. The quantitative estimate of drug-likeness (QED) is 0.714. The minimum Gasteiger partial charge on any atom is -0.363 e. The molecule has 1 fully saturated rings. The summed E-state index contributed by atoms with van der Waals surface area (Å²) in [7, 11) is 0. The van der Waals surface area contributed by atoms with Crippen LogP contribution in [0.2, 0.25) is 0 Å². The van der Waals surface area contributed by atoms with Crippen molar-refractivity contribution in [1.82, 2.24) is 0 Å². The summed E-state index contributed by atoms with van der Waals surface area (Å²) in [5.74, 6) is 0. The van der Waals surface area contributed by atoms with E-state index in [2.05, 4.69) is 62.6 Å². The minimum absolute atomic E-state index is 0.743. The van der Waals surface area contributed by atoms with Crippen molar-refractivity contribution >= 4 is 33.0 Å². The van der Waals surface area contributed by atoms with E-state index in [9.17, 15) is 0 Å². The summed E-state index contributed by atoms with van der Waals surface area (Å²) in [5.41, 5.74) is 2.78. The largest absolute Gasteiger partial charge is 0.363 e. The molecule has 1 aromatic heterocycles. The molecule has 1 heterocycles. The number of hydrogen-bond donors (Lipinski definition) is 0. The van der Waals surface area contributed by atoms with Crippen LogP contribution in [0.4, 0.5) is 5.69 Å². The van der Waals surface area contributed by atoms with Crippen LogP contribution in [-0.2, 0) is 11.9 Å². The maximum atomic E-state index is 3.60. The van der Waals surface area contributed by atoms with E-state index in [-0.39, 0.29) is 0 Å². The molecule has 0 saturated heterocycles. The van der Waals surface area contributed by atoms with Crippen LogP contribution in [0.3, 0.4) is 0 Å². The van der Waals surface area contributed by atoms with Gasteiger partial charge >= 0.3 is 0 Å². The second kappa shape index (κ2) is 5.45. The van der Waals surface area contributed by atoms with Crippen LogP contribution in [0, 0.1) is 0 Å². The van der Waals surface area contributed by atoms with E-state index in [1.54, 1.807) is 0 Å². The van der Waals surface area contributed by atoms with Gasteiger partial charge in [-0.15, -0.1) is 11.3 Å². The van der Waals surface area contributed by atoms with Crippen molar-refractivity contribution in [2.75, 3.05) is 4.90 Å². The molecule has 0 N–H and O–H groups in total. The van der Waals surface area contributed by atoms with Gasteiger partial charge in [0, 0.05) is 21.9 Å².